The maximum atomic E-state index is 8.03. The molecule has 3 aliphatic rings. The van der Waals surface area contributed by atoms with E-state index in [0.29, 0.717) is 5.92 Å². The second-order valence-corrected chi connectivity index (χ2v) is 5.39. The summed E-state index contributed by atoms with van der Waals surface area (Å²) in [5.74, 6) is 2.57. The van der Waals surface area contributed by atoms with E-state index < -0.39 is 0 Å². The molecule has 3 heteroatoms. The zero-order valence-electron chi connectivity index (χ0n) is 9.41. The van der Waals surface area contributed by atoms with Crippen LogP contribution < -0.4 is 0 Å². The van der Waals surface area contributed by atoms with Crippen LogP contribution in [0.2, 0.25) is 0 Å². The highest BCUT2D eigenvalue weighted by Crippen LogP contribution is 2.32. The molecule has 3 nitrogen and oxygen atoms in total. The SMILES string of the molecule is N=C(C1CC1)N1CCN(CC2CC2)CC1. The number of hydrogen-bond donors (Lipinski definition) is 1. The van der Waals surface area contributed by atoms with Gasteiger partial charge in [0.25, 0.3) is 0 Å². The van der Waals surface area contributed by atoms with Crippen molar-refractivity contribution in [1.82, 2.24) is 9.80 Å². The van der Waals surface area contributed by atoms with Crippen molar-refractivity contribution < 1.29 is 0 Å². The molecule has 0 aromatic heterocycles. The van der Waals surface area contributed by atoms with Gasteiger partial charge in [-0.2, -0.15) is 0 Å². The Morgan fingerprint density at radius 3 is 2.20 bits per heavy atom. The van der Waals surface area contributed by atoms with Gasteiger partial charge in [0.2, 0.25) is 0 Å². The quantitative estimate of drug-likeness (QED) is 0.560. The lowest BCUT2D eigenvalue weighted by Gasteiger charge is -2.36. The molecule has 0 atom stereocenters. The second kappa shape index (κ2) is 3.78. The molecule has 3 rings (SSSR count). The highest BCUT2D eigenvalue weighted by Gasteiger charge is 2.32. The van der Waals surface area contributed by atoms with Gasteiger partial charge in [0, 0.05) is 38.6 Å². The molecule has 0 aromatic rings. The monoisotopic (exact) mass is 207 g/mol. The highest BCUT2D eigenvalue weighted by atomic mass is 15.3. The van der Waals surface area contributed by atoms with Crippen LogP contribution in [0.3, 0.4) is 0 Å². The molecule has 2 aliphatic carbocycles. The van der Waals surface area contributed by atoms with E-state index in [1.54, 1.807) is 0 Å². The fraction of sp³-hybridized carbons (Fsp3) is 0.917. The molecule has 2 saturated carbocycles. The van der Waals surface area contributed by atoms with E-state index in [9.17, 15) is 0 Å². The summed E-state index contributed by atoms with van der Waals surface area (Å²) in [7, 11) is 0. The molecule has 15 heavy (non-hydrogen) atoms. The Bertz CT molecular complexity index is 248. The summed E-state index contributed by atoms with van der Waals surface area (Å²) in [5.41, 5.74) is 0. The predicted molar refractivity (Wildman–Crippen MR) is 61.2 cm³/mol. The van der Waals surface area contributed by atoms with Crippen LogP contribution in [0, 0.1) is 17.2 Å². The standard InChI is InChI=1S/C12H21N3/c13-12(11-3-4-11)15-7-5-14(6-8-15)9-10-1-2-10/h10-11,13H,1-9H2. The van der Waals surface area contributed by atoms with Crippen molar-refractivity contribution in [2.45, 2.75) is 25.7 Å². The average molecular weight is 207 g/mol. The summed E-state index contributed by atoms with van der Waals surface area (Å²) >= 11 is 0. The van der Waals surface area contributed by atoms with Gasteiger partial charge in [0.15, 0.2) is 0 Å². The first-order chi connectivity index (χ1) is 7.33. The zero-order chi connectivity index (χ0) is 10.3. The number of hydrogen-bond acceptors (Lipinski definition) is 2. The Morgan fingerprint density at radius 1 is 1.00 bits per heavy atom. The number of piperazine rings is 1. The van der Waals surface area contributed by atoms with E-state index in [-0.39, 0.29) is 0 Å². The smallest absolute Gasteiger partial charge is 0.0990 e. The Balaban J connectivity index is 1.44. The normalized spacial score (nSPS) is 28.1. The minimum Gasteiger partial charge on any atom is -0.358 e. The van der Waals surface area contributed by atoms with Gasteiger partial charge < -0.3 is 4.90 Å². The van der Waals surface area contributed by atoms with Crippen molar-refractivity contribution in [3.05, 3.63) is 0 Å². The van der Waals surface area contributed by atoms with Gasteiger partial charge >= 0.3 is 0 Å². The first-order valence-corrected chi connectivity index (χ1v) is 6.38. The van der Waals surface area contributed by atoms with Crippen molar-refractivity contribution >= 4 is 5.84 Å². The molecule has 1 N–H and O–H groups in total. The number of nitrogens with zero attached hydrogens (tertiary/aromatic N) is 2. The van der Waals surface area contributed by atoms with Crippen LogP contribution in [0.4, 0.5) is 0 Å². The summed E-state index contributed by atoms with van der Waals surface area (Å²) < 4.78 is 0. The molecule has 0 radical (unpaired) electrons. The van der Waals surface area contributed by atoms with Crippen LogP contribution in [0.5, 0.6) is 0 Å². The molecule has 1 aliphatic heterocycles. The van der Waals surface area contributed by atoms with Crippen molar-refractivity contribution in [2.75, 3.05) is 32.7 Å². The summed E-state index contributed by atoms with van der Waals surface area (Å²) in [5, 5.41) is 8.03. The molecule has 1 saturated heterocycles. The maximum Gasteiger partial charge on any atom is 0.0990 e. The summed E-state index contributed by atoms with van der Waals surface area (Å²) in [6, 6.07) is 0. The van der Waals surface area contributed by atoms with Gasteiger partial charge in [0.1, 0.15) is 0 Å². The van der Waals surface area contributed by atoms with Crippen molar-refractivity contribution in [3.8, 4) is 0 Å². The van der Waals surface area contributed by atoms with Crippen molar-refractivity contribution in [1.29, 1.82) is 5.41 Å². The molecule has 84 valence electrons. The zero-order valence-corrected chi connectivity index (χ0v) is 9.41. The lowest BCUT2D eigenvalue weighted by molar-refractivity contribution is 0.173. The third-order valence-electron chi connectivity index (χ3n) is 3.89. The third-order valence-corrected chi connectivity index (χ3v) is 3.89. The lowest BCUT2D eigenvalue weighted by Crippen LogP contribution is -2.49. The molecular formula is C12H21N3. The molecule has 0 aromatic carbocycles. The van der Waals surface area contributed by atoms with Crippen LogP contribution >= 0.6 is 0 Å². The van der Waals surface area contributed by atoms with Gasteiger partial charge in [0.05, 0.1) is 5.84 Å². The average Bonchev–Trinajstić information content (AvgIpc) is 3.12. The topological polar surface area (TPSA) is 30.3 Å². The van der Waals surface area contributed by atoms with E-state index in [1.165, 1.54) is 45.3 Å². The molecule has 0 bridgehead atoms. The van der Waals surface area contributed by atoms with Gasteiger partial charge in [-0.15, -0.1) is 0 Å². The molecular weight excluding hydrogens is 186 g/mol. The lowest BCUT2D eigenvalue weighted by atomic mass is 10.2. The molecule has 0 amide bonds. The van der Waals surface area contributed by atoms with Crippen LogP contribution in [-0.2, 0) is 0 Å². The Labute approximate surface area is 91.9 Å². The first kappa shape index (κ1) is 9.64. The highest BCUT2D eigenvalue weighted by molar-refractivity contribution is 5.83. The van der Waals surface area contributed by atoms with E-state index in [4.69, 9.17) is 5.41 Å². The fourth-order valence-corrected chi connectivity index (χ4v) is 2.45. The van der Waals surface area contributed by atoms with E-state index >= 15 is 0 Å². The predicted octanol–water partition coefficient (Wildman–Crippen LogP) is 1.40. The maximum absolute atomic E-state index is 8.03. The number of rotatable bonds is 3. The van der Waals surface area contributed by atoms with Crippen molar-refractivity contribution in [2.24, 2.45) is 11.8 Å². The van der Waals surface area contributed by atoms with Crippen LogP contribution in [0.25, 0.3) is 0 Å². The van der Waals surface area contributed by atoms with E-state index in [1.807, 2.05) is 0 Å². The van der Waals surface area contributed by atoms with Gasteiger partial charge in [-0.1, -0.05) is 0 Å². The summed E-state index contributed by atoms with van der Waals surface area (Å²) in [6.45, 7) is 5.89. The molecule has 0 unspecified atom stereocenters. The van der Waals surface area contributed by atoms with Crippen LogP contribution in [0.1, 0.15) is 25.7 Å². The van der Waals surface area contributed by atoms with Gasteiger partial charge in [-0.25, -0.2) is 0 Å². The van der Waals surface area contributed by atoms with Crippen LogP contribution in [-0.4, -0.2) is 48.4 Å². The van der Waals surface area contributed by atoms with Crippen molar-refractivity contribution in [3.63, 3.8) is 0 Å². The fourth-order valence-electron chi connectivity index (χ4n) is 2.45. The Kier molecular flexibility index (Phi) is 2.43. The minimum absolute atomic E-state index is 0.625. The van der Waals surface area contributed by atoms with Gasteiger partial charge in [-0.05, 0) is 31.6 Å². The third kappa shape index (κ3) is 2.33. The summed E-state index contributed by atoms with van der Waals surface area (Å²) in [6.07, 6.45) is 5.44. The minimum atomic E-state index is 0.625. The second-order valence-electron chi connectivity index (χ2n) is 5.39. The largest absolute Gasteiger partial charge is 0.358 e. The number of amidine groups is 1. The number of nitrogens with one attached hydrogen (secondary N) is 1. The first-order valence-electron chi connectivity index (χ1n) is 6.38. The summed E-state index contributed by atoms with van der Waals surface area (Å²) in [4.78, 5) is 4.90. The Hall–Kier alpha value is -0.570. The molecule has 1 heterocycles. The van der Waals surface area contributed by atoms with Gasteiger partial charge in [-0.3, -0.25) is 10.3 Å². The Morgan fingerprint density at radius 2 is 1.67 bits per heavy atom. The van der Waals surface area contributed by atoms with E-state index in [2.05, 4.69) is 9.80 Å². The molecule has 0 spiro atoms. The van der Waals surface area contributed by atoms with E-state index in [0.717, 1.165) is 24.8 Å². The molecule has 3 fully saturated rings. The van der Waals surface area contributed by atoms with Crippen LogP contribution in [0.15, 0.2) is 0 Å².